The molecule has 0 aliphatic heterocycles. The van der Waals surface area contributed by atoms with Crippen LogP contribution >= 0.6 is 0 Å². The Hall–Kier alpha value is -1.71. The average molecular weight is 335 g/mol. The van der Waals surface area contributed by atoms with Gasteiger partial charge in [-0.3, -0.25) is 4.79 Å². The number of nitrogens with one attached hydrogen (secondary N) is 1. The van der Waals surface area contributed by atoms with Gasteiger partial charge in [0, 0.05) is 24.9 Å². The van der Waals surface area contributed by atoms with Crippen LogP contribution in [0, 0.1) is 5.92 Å². The molecule has 1 atom stereocenters. The summed E-state index contributed by atoms with van der Waals surface area (Å²) < 4.78 is 4.91. The molecule has 1 rings (SSSR count). The van der Waals surface area contributed by atoms with E-state index in [0.29, 0.717) is 0 Å². The Morgan fingerprint density at radius 2 is 1.64 bits per heavy atom. The minimum atomic E-state index is -1.95. The van der Waals surface area contributed by atoms with Gasteiger partial charge in [0.15, 0.2) is 5.78 Å². The first-order valence-corrected chi connectivity index (χ1v) is 6.79. The predicted octanol–water partition coefficient (Wildman–Crippen LogP) is -7.61. The molecule has 0 saturated heterocycles. The number of Topliss-reactive ketones (excluding diaryl/α,β-unsaturated/α-hetero) is 1. The summed E-state index contributed by atoms with van der Waals surface area (Å²) in [7, 11) is 0. The van der Waals surface area contributed by atoms with E-state index in [1.807, 2.05) is 6.07 Å². The number of amides is 1. The van der Waals surface area contributed by atoms with Crippen LogP contribution in [0.25, 0.3) is 0 Å². The molecule has 0 aliphatic carbocycles. The van der Waals surface area contributed by atoms with Crippen LogP contribution in [0.1, 0.15) is 18.4 Å². The van der Waals surface area contributed by atoms with Crippen molar-refractivity contribution in [2.45, 2.75) is 19.4 Å². The van der Waals surface area contributed by atoms with Gasteiger partial charge in [0.05, 0.1) is 0 Å². The standard InChI is InChI=1S/C15H17NO7.2Li/c17-12(14(20)21)8-11(13(18)19)6-7-16-15(22)23-9-10-4-2-1-3-5-10;;/h1-5,11H,6-9H2,(H,16,22)(H,18,19)(H,20,21);;/q;2*+1/p-2. The van der Waals surface area contributed by atoms with Gasteiger partial charge < -0.3 is 29.9 Å². The SMILES string of the molecule is O=C(NCCC(CC(=O)C(=O)[O-])C(=O)[O-])OCc1ccccc1.[Li+].[Li+]. The smallest absolute Gasteiger partial charge is 0.550 e. The van der Waals surface area contributed by atoms with Crippen LogP contribution < -0.4 is 53.3 Å². The maximum absolute atomic E-state index is 11.4. The third kappa shape index (κ3) is 10.7. The van der Waals surface area contributed by atoms with Crippen molar-refractivity contribution in [1.82, 2.24) is 5.32 Å². The normalized spacial score (nSPS) is 10.4. The minimum absolute atomic E-state index is 0. The average Bonchev–Trinajstić information content (AvgIpc) is 2.52. The van der Waals surface area contributed by atoms with Crippen molar-refractivity contribution in [3.05, 3.63) is 35.9 Å². The predicted molar refractivity (Wildman–Crippen MR) is 72.4 cm³/mol. The van der Waals surface area contributed by atoms with Gasteiger partial charge in [-0.15, -0.1) is 0 Å². The second-order valence-electron chi connectivity index (χ2n) is 4.71. The molecule has 0 bridgehead atoms. The first-order chi connectivity index (χ1) is 10.9. The number of carbonyl (C=O) groups is 4. The summed E-state index contributed by atoms with van der Waals surface area (Å²) in [6, 6.07) is 8.93. The zero-order valence-electron chi connectivity index (χ0n) is 14.2. The first kappa shape index (κ1) is 25.5. The third-order valence-corrected chi connectivity index (χ3v) is 2.97. The zero-order chi connectivity index (χ0) is 17.2. The quantitative estimate of drug-likeness (QED) is 0.350. The third-order valence-electron chi connectivity index (χ3n) is 2.97. The van der Waals surface area contributed by atoms with Gasteiger partial charge in [-0.2, -0.15) is 0 Å². The summed E-state index contributed by atoms with van der Waals surface area (Å²) in [6.45, 7) is -0.0493. The van der Waals surface area contributed by atoms with Crippen LogP contribution in [-0.2, 0) is 25.7 Å². The minimum Gasteiger partial charge on any atom is -0.550 e. The molecule has 0 aliphatic rings. The van der Waals surface area contributed by atoms with Gasteiger partial charge in [0.25, 0.3) is 0 Å². The van der Waals surface area contributed by atoms with Crippen molar-refractivity contribution in [1.29, 1.82) is 0 Å². The Bertz CT molecular complexity index is 581. The number of hydrogen-bond acceptors (Lipinski definition) is 7. The summed E-state index contributed by atoms with van der Waals surface area (Å²) in [5.74, 6) is -6.17. The molecule has 25 heavy (non-hydrogen) atoms. The van der Waals surface area contributed by atoms with Crippen LogP contribution in [0.15, 0.2) is 30.3 Å². The van der Waals surface area contributed by atoms with E-state index in [1.54, 1.807) is 24.3 Å². The molecule has 0 spiro atoms. The van der Waals surface area contributed by atoms with Gasteiger partial charge in [0.2, 0.25) is 0 Å². The number of ether oxygens (including phenoxy) is 1. The van der Waals surface area contributed by atoms with Crippen LogP contribution in [0.2, 0.25) is 0 Å². The van der Waals surface area contributed by atoms with Crippen molar-refractivity contribution < 1.29 is 71.8 Å². The van der Waals surface area contributed by atoms with Gasteiger partial charge in [0.1, 0.15) is 12.6 Å². The van der Waals surface area contributed by atoms with Gasteiger partial charge >= 0.3 is 43.8 Å². The van der Waals surface area contributed by atoms with Crippen molar-refractivity contribution in [2.75, 3.05) is 6.54 Å². The molecule has 0 aromatic heterocycles. The molecule has 0 saturated carbocycles. The number of alkyl carbamates (subject to hydrolysis) is 1. The van der Waals surface area contributed by atoms with Crippen LogP contribution in [0.4, 0.5) is 4.79 Å². The second kappa shape index (κ2) is 13.6. The fraction of sp³-hybridized carbons (Fsp3) is 0.333. The van der Waals surface area contributed by atoms with Crippen molar-refractivity contribution in [3.63, 3.8) is 0 Å². The number of carboxylic acids is 2. The van der Waals surface area contributed by atoms with Crippen LogP contribution in [0.5, 0.6) is 0 Å². The number of hydrogen-bond donors (Lipinski definition) is 1. The Morgan fingerprint density at radius 3 is 2.16 bits per heavy atom. The fourth-order valence-electron chi connectivity index (χ4n) is 1.73. The van der Waals surface area contributed by atoms with E-state index in [4.69, 9.17) is 4.74 Å². The Balaban J connectivity index is 0. The largest absolute Gasteiger partial charge is 1.00 e. The molecule has 124 valence electrons. The topological polar surface area (TPSA) is 136 Å². The van der Waals surface area contributed by atoms with Gasteiger partial charge in [-0.05, 0) is 12.0 Å². The summed E-state index contributed by atoms with van der Waals surface area (Å²) in [4.78, 5) is 43.5. The molecule has 0 radical (unpaired) electrons. The maximum atomic E-state index is 11.4. The zero-order valence-corrected chi connectivity index (χ0v) is 14.2. The van der Waals surface area contributed by atoms with Gasteiger partial charge in [-0.25, -0.2) is 4.79 Å². The molecule has 1 N–H and O–H groups in total. The van der Waals surface area contributed by atoms with E-state index in [0.717, 1.165) is 5.56 Å². The number of carboxylic acid groups (broad SMARTS) is 2. The fourth-order valence-corrected chi connectivity index (χ4v) is 1.73. The molecular formula is C15H15Li2NO7. The molecule has 1 aromatic rings. The molecule has 10 heteroatoms. The summed E-state index contributed by atoms with van der Waals surface area (Å²) in [5, 5.41) is 23.4. The number of benzene rings is 1. The van der Waals surface area contributed by atoms with E-state index in [9.17, 15) is 29.4 Å². The summed E-state index contributed by atoms with van der Waals surface area (Å²) >= 11 is 0. The van der Waals surface area contributed by atoms with Crippen molar-refractivity contribution in [3.8, 4) is 0 Å². The van der Waals surface area contributed by atoms with E-state index in [-0.39, 0.29) is 57.3 Å². The molecule has 0 heterocycles. The first-order valence-electron chi connectivity index (χ1n) is 6.79. The molecule has 1 aromatic carbocycles. The molecule has 1 amide bonds. The molecule has 0 fully saturated rings. The Kier molecular flexibility index (Phi) is 13.9. The number of ketones is 1. The monoisotopic (exact) mass is 335 g/mol. The van der Waals surface area contributed by atoms with E-state index < -0.39 is 36.2 Å². The van der Waals surface area contributed by atoms with Crippen LogP contribution in [-0.4, -0.2) is 30.4 Å². The Morgan fingerprint density at radius 1 is 1.04 bits per heavy atom. The second-order valence-corrected chi connectivity index (χ2v) is 4.71. The number of aliphatic carboxylic acids is 2. The molecule has 1 unspecified atom stereocenters. The molecule has 8 nitrogen and oxygen atoms in total. The maximum Gasteiger partial charge on any atom is 1.00 e. The molecular weight excluding hydrogens is 320 g/mol. The van der Waals surface area contributed by atoms with E-state index in [1.165, 1.54) is 0 Å². The summed E-state index contributed by atoms with van der Waals surface area (Å²) in [5.41, 5.74) is 0.787. The van der Waals surface area contributed by atoms with Crippen LogP contribution in [0.3, 0.4) is 0 Å². The number of carbonyl (C=O) groups excluding carboxylic acids is 4. The van der Waals surface area contributed by atoms with Gasteiger partial charge in [-0.1, -0.05) is 30.3 Å². The summed E-state index contributed by atoms with van der Waals surface area (Å²) in [6.07, 6.45) is -1.66. The Labute approximate surface area is 168 Å². The van der Waals surface area contributed by atoms with E-state index in [2.05, 4.69) is 5.32 Å². The number of rotatable bonds is 9. The van der Waals surface area contributed by atoms with Crippen molar-refractivity contribution in [2.24, 2.45) is 5.92 Å². The van der Waals surface area contributed by atoms with E-state index >= 15 is 0 Å². The van der Waals surface area contributed by atoms with Crippen molar-refractivity contribution >= 4 is 23.8 Å².